The standard InChI is InChI=1S/C22H17ClN2O4/c1-14(26)16-6-10-18(11-7-16)24-21(27)19(13-15-4-8-17(23)9-5-15)25-22(28)20-3-2-12-29-20/h2-13H,1H3,(H,24,27)(H,25,28)/b19-13+. The summed E-state index contributed by atoms with van der Waals surface area (Å²) in [5.41, 5.74) is 1.70. The first kappa shape index (κ1) is 20.1. The second-order valence-electron chi connectivity index (χ2n) is 6.13. The van der Waals surface area contributed by atoms with Crippen LogP contribution < -0.4 is 10.6 Å². The highest BCUT2D eigenvalue weighted by atomic mass is 35.5. The van der Waals surface area contributed by atoms with Gasteiger partial charge in [-0.3, -0.25) is 14.4 Å². The molecule has 0 fully saturated rings. The molecule has 2 amide bonds. The molecular formula is C22H17ClN2O4. The van der Waals surface area contributed by atoms with Gasteiger partial charge in [-0.05, 0) is 67.1 Å². The van der Waals surface area contributed by atoms with Crippen molar-refractivity contribution >= 4 is 41.0 Å². The van der Waals surface area contributed by atoms with Gasteiger partial charge in [-0.15, -0.1) is 0 Å². The fourth-order valence-corrected chi connectivity index (χ4v) is 2.59. The number of furan rings is 1. The van der Waals surface area contributed by atoms with Crippen LogP contribution in [0.1, 0.15) is 33.4 Å². The Kier molecular flexibility index (Phi) is 6.26. The number of hydrogen-bond acceptors (Lipinski definition) is 4. The van der Waals surface area contributed by atoms with Crippen LogP contribution in [-0.2, 0) is 4.79 Å². The first-order valence-corrected chi connectivity index (χ1v) is 9.04. The Hall–Kier alpha value is -3.64. The summed E-state index contributed by atoms with van der Waals surface area (Å²) in [4.78, 5) is 36.5. The van der Waals surface area contributed by atoms with Crippen molar-refractivity contribution in [2.75, 3.05) is 5.32 Å². The number of rotatable bonds is 6. The lowest BCUT2D eigenvalue weighted by Gasteiger charge is -2.11. The molecule has 2 N–H and O–H groups in total. The Balaban J connectivity index is 1.84. The van der Waals surface area contributed by atoms with E-state index in [2.05, 4.69) is 10.6 Å². The number of anilines is 1. The van der Waals surface area contributed by atoms with Crippen molar-refractivity contribution in [1.82, 2.24) is 5.32 Å². The summed E-state index contributed by atoms with van der Waals surface area (Å²) in [7, 11) is 0. The van der Waals surface area contributed by atoms with E-state index in [1.165, 1.54) is 25.3 Å². The predicted molar refractivity (Wildman–Crippen MR) is 111 cm³/mol. The van der Waals surface area contributed by atoms with E-state index in [1.807, 2.05) is 0 Å². The third-order valence-corrected chi connectivity index (χ3v) is 4.22. The first-order chi connectivity index (χ1) is 13.9. The van der Waals surface area contributed by atoms with Crippen LogP contribution in [0, 0.1) is 0 Å². The SMILES string of the molecule is CC(=O)c1ccc(NC(=O)/C(=C\c2ccc(Cl)cc2)NC(=O)c2ccco2)cc1. The van der Waals surface area contributed by atoms with E-state index < -0.39 is 11.8 Å². The molecule has 0 spiro atoms. The van der Waals surface area contributed by atoms with Gasteiger partial charge in [0.25, 0.3) is 11.8 Å². The Morgan fingerprint density at radius 1 is 0.966 bits per heavy atom. The van der Waals surface area contributed by atoms with Crippen molar-refractivity contribution in [3.8, 4) is 0 Å². The third-order valence-electron chi connectivity index (χ3n) is 3.97. The molecule has 6 nitrogen and oxygen atoms in total. The molecule has 3 aromatic rings. The fourth-order valence-electron chi connectivity index (χ4n) is 2.46. The Bertz CT molecular complexity index is 1050. The van der Waals surface area contributed by atoms with E-state index in [9.17, 15) is 14.4 Å². The number of ketones is 1. The van der Waals surface area contributed by atoms with Gasteiger partial charge < -0.3 is 15.1 Å². The topological polar surface area (TPSA) is 88.4 Å². The van der Waals surface area contributed by atoms with Gasteiger partial charge in [-0.25, -0.2) is 0 Å². The molecule has 7 heteroatoms. The number of Topliss-reactive ketones (excluding diaryl/α,β-unsaturated/α-hetero) is 1. The highest BCUT2D eigenvalue weighted by molar-refractivity contribution is 6.30. The van der Waals surface area contributed by atoms with Gasteiger partial charge in [0, 0.05) is 16.3 Å². The number of hydrogen-bond donors (Lipinski definition) is 2. The lowest BCUT2D eigenvalue weighted by atomic mass is 10.1. The van der Waals surface area contributed by atoms with Crippen LogP contribution in [0.2, 0.25) is 5.02 Å². The molecule has 0 bridgehead atoms. The van der Waals surface area contributed by atoms with Crippen LogP contribution >= 0.6 is 11.6 Å². The van der Waals surface area contributed by atoms with E-state index in [-0.39, 0.29) is 17.2 Å². The maximum absolute atomic E-state index is 12.8. The Labute approximate surface area is 172 Å². The van der Waals surface area contributed by atoms with Crippen LogP contribution in [0.4, 0.5) is 5.69 Å². The molecule has 1 heterocycles. The van der Waals surface area contributed by atoms with Crippen molar-refractivity contribution in [2.45, 2.75) is 6.92 Å². The summed E-state index contributed by atoms with van der Waals surface area (Å²) in [6.45, 7) is 1.46. The predicted octanol–water partition coefficient (Wildman–Crippen LogP) is 4.55. The number of carbonyl (C=O) groups is 3. The van der Waals surface area contributed by atoms with E-state index in [0.717, 1.165) is 0 Å². The molecule has 0 saturated heterocycles. The summed E-state index contributed by atoms with van der Waals surface area (Å²) in [6.07, 6.45) is 2.89. The molecule has 3 rings (SSSR count). The molecule has 146 valence electrons. The second kappa shape index (κ2) is 9.03. The number of benzene rings is 2. The lowest BCUT2D eigenvalue weighted by molar-refractivity contribution is -0.113. The minimum Gasteiger partial charge on any atom is -0.459 e. The molecule has 0 radical (unpaired) electrons. The van der Waals surface area contributed by atoms with Gasteiger partial charge >= 0.3 is 0 Å². The maximum Gasteiger partial charge on any atom is 0.291 e. The molecule has 1 aromatic heterocycles. The van der Waals surface area contributed by atoms with Gasteiger partial charge in [-0.2, -0.15) is 0 Å². The molecule has 0 aliphatic rings. The van der Waals surface area contributed by atoms with Crippen LogP contribution in [0.3, 0.4) is 0 Å². The summed E-state index contributed by atoms with van der Waals surface area (Å²) in [5, 5.41) is 5.82. The molecule has 0 atom stereocenters. The quantitative estimate of drug-likeness (QED) is 0.462. The van der Waals surface area contributed by atoms with Crippen molar-refractivity contribution in [2.24, 2.45) is 0 Å². The maximum atomic E-state index is 12.8. The molecule has 0 saturated carbocycles. The highest BCUT2D eigenvalue weighted by Crippen LogP contribution is 2.15. The van der Waals surface area contributed by atoms with Crippen LogP contribution in [0.25, 0.3) is 6.08 Å². The van der Waals surface area contributed by atoms with Crippen LogP contribution in [0.15, 0.2) is 77.0 Å². The minimum absolute atomic E-state index is 0.0179. The Morgan fingerprint density at radius 2 is 1.66 bits per heavy atom. The van der Waals surface area contributed by atoms with Crippen LogP contribution in [0.5, 0.6) is 0 Å². The largest absolute Gasteiger partial charge is 0.459 e. The van der Waals surface area contributed by atoms with Gasteiger partial charge in [0.05, 0.1) is 6.26 Å². The highest BCUT2D eigenvalue weighted by Gasteiger charge is 2.16. The smallest absolute Gasteiger partial charge is 0.291 e. The molecular weight excluding hydrogens is 392 g/mol. The van der Waals surface area contributed by atoms with Gasteiger partial charge in [0.2, 0.25) is 0 Å². The first-order valence-electron chi connectivity index (χ1n) is 8.67. The van der Waals surface area contributed by atoms with Crippen molar-refractivity contribution < 1.29 is 18.8 Å². The number of halogens is 1. The van der Waals surface area contributed by atoms with Crippen molar-refractivity contribution in [3.05, 3.63) is 94.5 Å². The minimum atomic E-state index is -0.558. The van der Waals surface area contributed by atoms with Crippen molar-refractivity contribution in [1.29, 1.82) is 0 Å². The van der Waals surface area contributed by atoms with Gasteiger partial charge in [0.1, 0.15) is 5.70 Å². The van der Waals surface area contributed by atoms with E-state index in [1.54, 1.807) is 54.6 Å². The molecule has 0 aliphatic heterocycles. The van der Waals surface area contributed by atoms with Gasteiger partial charge in [0.15, 0.2) is 11.5 Å². The van der Waals surface area contributed by atoms with E-state index in [0.29, 0.717) is 21.8 Å². The summed E-state index contributed by atoms with van der Waals surface area (Å²) >= 11 is 5.90. The summed E-state index contributed by atoms with van der Waals surface area (Å²) < 4.78 is 5.08. The fraction of sp³-hybridized carbons (Fsp3) is 0.0455. The van der Waals surface area contributed by atoms with E-state index in [4.69, 9.17) is 16.0 Å². The third kappa shape index (κ3) is 5.43. The molecule has 29 heavy (non-hydrogen) atoms. The normalized spacial score (nSPS) is 11.0. The average molecular weight is 409 g/mol. The molecule has 2 aromatic carbocycles. The summed E-state index contributed by atoms with van der Waals surface area (Å²) in [5.74, 6) is -1.09. The number of carbonyl (C=O) groups excluding carboxylic acids is 3. The monoisotopic (exact) mass is 408 g/mol. The van der Waals surface area contributed by atoms with Crippen LogP contribution in [-0.4, -0.2) is 17.6 Å². The zero-order valence-corrected chi connectivity index (χ0v) is 16.2. The summed E-state index contributed by atoms with van der Waals surface area (Å²) in [6, 6.07) is 16.3. The average Bonchev–Trinajstić information content (AvgIpc) is 3.24. The number of amides is 2. The molecule has 0 aliphatic carbocycles. The zero-order chi connectivity index (χ0) is 20.8. The Morgan fingerprint density at radius 3 is 2.24 bits per heavy atom. The lowest BCUT2D eigenvalue weighted by Crippen LogP contribution is -2.30. The molecule has 0 unspecified atom stereocenters. The zero-order valence-electron chi connectivity index (χ0n) is 15.4. The number of nitrogens with one attached hydrogen (secondary N) is 2. The second-order valence-corrected chi connectivity index (χ2v) is 6.57. The van der Waals surface area contributed by atoms with Crippen molar-refractivity contribution in [3.63, 3.8) is 0 Å². The van der Waals surface area contributed by atoms with Gasteiger partial charge in [-0.1, -0.05) is 23.7 Å². The van der Waals surface area contributed by atoms with E-state index >= 15 is 0 Å².